The van der Waals surface area contributed by atoms with Crippen LogP contribution >= 0.6 is 0 Å². The Bertz CT molecular complexity index is 2820. The molecule has 29 heteroatoms. The van der Waals surface area contributed by atoms with Crippen molar-refractivity contribution >= 4 is 81.8 Å². The fourth-order valence-corrected chi connectivity index (χ4v) is 8.74. The van der Waals surface area contributed by atoms with Gasteiger partial charge in [0.1, 0.15) is 60.1 Å². The number of carbonyl (C=O) groups is 12. The molecule has 2 aromatic carbocycles. The molecule has 10 atom stereocenters. The first kappa shape index (κ1) is 70.6. The van der Waals surface area contributed by atoms with E-state index in [9.17, 15) is 72.9 Å². The van der Waals surface area contributed by atoms with E-state index in [1.54, 1.807) is 52.1 Å². The van der Waals surface area contributed by atoms with Crippen molar-refractivity contribution in [3.63, 3.8) is 0 Å². The fourth-order valence-electron chi connectivity index (χ4n) is 8.74. The summed E-state index contributed by atoms with van der Waals surface area (Å²) in [5, 5.41) is 55.8. The molecule has 1 aromatic heterocycles. The summed E-state index contributed by atoms with van der Waals surface area (Å²) in [6, 6.07) is -0.273. The van der Waals surface area contributed by atoms with Crippen LogP contribution in [-0.4, -0.2) is 171 Å². The molecule has 0 unspecified atom stereocenters. The second-order valence-corrected chi connectivity index (χ2v) is 22.0. The van der Waals surface area contributed by atoms with E-state index in [1.165, 1.54) is 38.1 Å². The Morgan fingerprint density at radius 1 is 0.518 bits per heavy atom. The molecule has 3 rings (SSSR count). The van der Waals surface area contributed by atoms with Crippen LogP contribution in [0.4, 0.5) is 0 Å². The van der Waals surface area contributed by atoms with Crippen molar-refractivity contribution in [2.45, 2.75) is 154 Å². The third kappa shape index (κ3) is 23.8. The Morgan fingerprint density at radius 2 is 0.988 bits per heavy atom. The highest BCUT2D eigenvalue weighted by Gasteiger charge is 2.36. The number of primary amides is 2. The molecule has 3 aromatic rings. The van der Waals surface area contributed by atoms with Gasteiger partial charge in [0.05, 0.1) is 32.2 Å². The van der Waals surface area contributed by atoms with Crippen molar-refractivity contribution in [1.82, 2.24) is 58.2 Å². The van der Waals surface area contributed by atoms with Gasteiger partial charge in [0.15, 0.2) is 0 Å². The molecular weight excluding hydrogens is 1110 g/mol. The Morgan fingerprint density at radius 3 is 1.53 bits per heavy atom. The summed E-state index contributed by atoms with van der Waals surface area (Å²) >= 11 is 0. The number of hydrogen-bond donors (Lipinski definition) is 17. The molecule has 29 nitrogen and oxygen atoms in total. The molecule has 0 aliphatic heterocycles. The first-order chi connectivity index (χ1) is 39.9. The Labute approximate surface area is 492 Å². The molecule has 0 aliphatic carbocycles. The zero-order valence-corrected chi connectivity index (χ0v) is 49.0. The number of fused-ring (bicyclic) bond motifs is 1. The number of nitrogens with two attached hydrogens (primary N) is 3. The third-order valence-corrected chi connectivity index (χ3v) is 13.1. The number of benzene rings is 2. The predicted octanol–water partition coefficient (Wildman–Crippen LogP) is -4.01. The first-order valence-corrected chi connectivity index (χ1v) is 27.8. The third-order valence-electron chi connectivity index (χ3n) is 13.1. The lowest BCUT2D eigenvalue weighted by Crippen LogP contribution is -2.62. The van der Waals surface area contributed by atoms with Gasteiger partial charge in [0.25, 0.3) is 0 Å². The SMILES string of the molecule is CC(C)C[C@H](NC(=O)[C@H](CC(C)C)NC(=O)[C@H](Cc1ccc(O)cc1)NC(=O)CNC(=O)[C@H](C)NC(=O)[C@H](CO)NC(=O)[C@H](CC(N)=O)NC(=O)[C@H](CC(C)C)NC(=O)[C@@H](NC(=O)[C@H](Cc1c[nH]c2ccccc12)NC(=O)CN)[C@@H](C)O)C(N)=O. The molecule has 85 heavy (non-hydrogen) atoms. The smallest absolute Gasteiger partial charge is 0.245 e. The summed E-state index contributed by atoms with van der Waals surface area (Å²) in [4.78, 5) is 163. The van der Waals surface area contributed by atoms with Crippen molar-refractivity contribution < 1.29 is 72.9 Å². The highest BCUT2D eigenvalue weighted by atomic mass is 16.3. The number of phenolic OH excluding ortho intramolecular Hbond substituents is 1. The molecule has 12 amide bonds. The van der Waals surface area contributed by atoms with Crippen molar-refractivity contribution in [2.75, 3.05) is 19.7 Å². The number of para-hydroxylation sites is 1. The van der Waals surface area contributed by atoms with Crippen molar-refractivity contribution in [1.29, 1.82) is 0 Å². The van der Waals surface area contributed by atoms with Crippen LogP contribution in [0.2, 0.25) is 0 Å². The summed E-state index contributed by atoms with van der Waals surface area (Å²) in [7, 11) is 0. The average molecular weight is 1190 g/mol. The lowest BCUT2D eigenvalue weighted by molar-refractivity contribution is -0.137. The van der Waals surface area contributed by atoms with Gasteiger partial charge in [-0.3, -0.25) is 57.5 Å². The van der Waals surface area contributed by atoms with Crippen molar-refractivity contribution in [2.24, 2.45) is 35.0 Å². The lowest BCUT2D eigenvalue weighted by atomic mass is 9.99. The van der Waals surface area contributed by atoms with Gasteiger partial charge in [-0.1, -0.05) is 71.9 Å². The number of aromatic nitrogens is 1. The van der Waals surface area contributed by atoms with Gasteiger partial charge in [-0.25, -0.2) is 0 Å². The van der Waals surface area contributed by atoms with E-state index in [0.29, 0.717) is 11.1 Å². The zero-order valence-electron chi connectivity index (χ0n) is 49.0. The maximum absolute atomic E-state index is 13.9. The molecular formula is C56H84N14O15. The van der Waals surface area contributed by atoms with Crippen LogP contribution in [0.5, 0.6) is 5.75 Å². The Kier molecular flexibility index (Phi) is 28.4. The van der Waals surface area contributed by atoms with Gasteiger partial charge in [-0.15, -0.1) is 0 Å². The number of aromatic hydroxyl groups is 1. The molecule has 0 aliphatic rings. The molecule has 0 spiro atoms. The molecule has 0 radical (unpaired) electrons. The standard InChI is InChI=1S/C56H84N14O15/c1-27(2)17-37(48(59)77)65-50(79)38(18-28(3)4)66-52(81)40(20-32-13-15-34(73)16-14-32)64-46(76)25-61-49(78)30(7)62-55(84)43(26-71)69-53(82)42(22-44(58)74)67-51(80)39(19-29(5)6)68-56(85)47(31(8)72)70-54(83)41(63-45(75)23-57)21-33-24-60-36-12-10-9-11-35(33)36/h9-16,24,27-31,37-43,47,60,71-73H,17-23,25-26,57H2,1-8H3,(H2,58,74)(H2,59,77)(H,61,78)(H,62,84)(H,63,75)(H,64,76)(H,65,79)(H,66,81)(H,67,80)(H,68,85)(H,69,82)(H,70,83)/t30-,31+,37-,38-,39-,40-,41-,42-,43-,47-/m0/s1. The Hall–Kier alpha value is -8.70. The molecule has 0 bridgehead atoms. The van der Waals surface area contributed by atoms with Gasteiger partial charge in [-0.2, -0.15) is 0 Å². The number of amides is 12. The summed E-state index contributed by atoms with van der Waals surface area (Å²) < 4.78 is 0. The maximum atomic E-state index is 13.9. The van der Waals surface area contributed by atoms with Crippen molar-refractivity contribution in [3.8, 4) is 5.75 Å². The minimum atomic E-state index is -1.83. The predicted molar refractivity (Wildman–Crippen MR) is 309 cm³/mol. The maximum Gasteiger partial charge on any atom is 0.245 e. The van der Waals surface area contributed by atoms with Gasteiger partial charge in [0.2, 0.25) is 70.9 Å². The molecule has 1 heterocycles. The van der Waals surface area contributed by atoms with Crippen molar-refractivity contribution in [3.05, 3.63) is 65.9 Å². The minimum Gasteiger partial charge on any atom is -0.508 e. The second-order valence-electron chi connectivity index (χ2n) is 22.0. The number of phenols is 1. The average Bonchev–Trinajstić information content (AvgIpc) is 4.13. The van der Waals surface area contributed by atoms with E-state index in [2.05, 4.69) is 58.2 Å². The molecule has 0 saturated carbocycles. The Balaban J connectivity index is 1.71. The molecule has 0 saturated heterocycles. The normalized spacial score (nSPS) is 14.8. The quantitative estimate of drug-likeness (QED) is 0.0267. The van der Waals surface area contributed by atoms with Crippen LogP contribution < -0.4 is 70.4 Å². The van der Waals surface area contributed by atoms with E-state index in [4.69, 9.17) is 17.2 Å². The number of nitrogens with one attached hydrogen (secondary N) is 11. The van der Waals surface area contributed by atoms with E-state index in [-0.39, 0.29) is 55.6 Å². The van der Waals surface area contributed by atoms with Crippen LogP contribution in [0.1, 0.15) is 92.2 Å². The lowest BCUT2D eigenvalue weighted by Gasteiger charge is -2.28. The zero-order chi connectivity index (χ0) is 63.8. The van der Waals surface area contributed by atoms with Gasteiger partial charge in [0, 0.05) is 29.9 Å². The van der Waals surface area contributed by atoms with Crippen LogP contribution in [0.3, 0.4) is 0 Å². The summed E-state index contributed by atoms with van der Waals surface area (Å²) in [5.74, 6) is -11.8. The second kappa shape index (κ2) is 34.2. The topological polar surface area (TPSA) is 480 Å². The number of carbonyl (C=O) groups excluding carboxylic acids is 12. The molecule has 20 N–H and O–H groups in total. The van der Waals surface area contributed by atoms with E-state index < -0.39 is 157 Å². The molecule has 468 valence electrons. The molecule has 0 fully saturated rings. The van der Waals surface area contributed by atoms with Gasteiger partial charge in [-0.05, 0) is 80.2 Å². The number of rotatable bonds is 35. The number of H-pyrrole nitrogens is 1. The number of aromatic amines is 1. The van der Waals surface area contributed by atoms with Crippen LogP contribution in [0.15, 0.2) is 54.7 Å². The van der Waals surface area contributed by atoms with Gasteiger partial charge < -0.3 is 90.7 Å². The highest BCUT2D eigenvalue weighted by Crippen LogP contribution is 2.20. The first-order valence-electron chi connectivity index (χ1n) is 27.8. The van der Waals surface area contributed by atoms with Gasteiger partial charge >= 0.3 is 0 Å². The van der Waals surface area contributed by atoms with Crippen LogP contribution in [-0.2, 0) is 70.4 Å². The van der Waals surface area contributed by atoms with E-state index >= 15 is 0 Å². The highest BCUT2D eigenvalue weighted by molar-refractivity contribution is 6.00. The number of hydrogen-bond acceptors (Lipinski definition) is 16. The van der Waals surface area contributed by atoms with E-state index in [0.717, 1.165) is 10.9 Å². The summed E-state index contributed by atoms with van der Waals surface area (Å²) in [5.41, 5.74) is 18.4. The largest absolute Gasteiger partial charge is 0.508 e. The summed E-state index contributed by atoms with van der Waals surface area (Å²) in [6.07, 6.45) is -0.738. The fraction of sp³-hybridized carbons (Fsp3) is 0.536. The minimum absolute atomic E-state index is 0.0151. The number of aliphatic hydroxyl groups is 2. The monoisotopic (exact) mass is 1190 g/mol. The summed E-state index contributed by atoms with van der Waals surface area (Å²) in [6.45, 7) is 10.7. The number of aliphatic hydroxyl groups excluding tert-OH is 2. The van der Waals surface area contributed by atoms with Crippen LogP contribution in [0, 0.1) is 17.8 Å². The van der Waals surface area contributed by atoms with Crippen LogP contribution in [0.25, 0.3) is 10.9 Å². The van der Waals surface area contributed by atoms with E-state index in [1.807, 2.05) is 19.9 Å².